The van der Waals surface area contributed by atoms with Gasteiger partial charge < -0.3 is 0 Å². The number of anilines is 1. The molecular formula is C25H26ClN3O4S. The van der Waals surface area contributed by atoms with Crippen LogP contribution in [0.5, 0.6) is 0 Å². The molecule has 2 aliphatic rings. The van der Waals surface area contributed by atoms with Crippen LogP contribution in [-0.2, 0) is 15.4 Å². The third-order valence-electron chi connectivity index (χ3n) is 5.89. The Balaban J connectivity index is 1.65. The Hall–Kier alpha value is -2.97. The number of benzene rings is 2. The monoisotopic (exact) mass is 499 g/mol. The van der Waals surface area contributed by atoms with Gasteiger partial charge in [0.15, 0.2) is 0 Å². The number of sulfonamides is 1. The van der Waals surface area contributed by atoms with E-state index in [9.17, 15) is 18.0 Å². The molecule has 0 bridgehead atoms. The lowest BCUT2D eigenvalue weighted by Crippen LogP contribution is -2.32. The van der Waals surface area contributed by atoms with E-state index in [2.05, 4.69) is 9.71 Å². The van der Waals surface area contributed by atoms with Crippen molar-refractivity contribution in [2.45, 2.75) is 44.4 Å². The first-order valence-electron chi connectivity index (χ1n) is 10.9. The van der Waals surface area contributed by atoms with Gasteiger partial charge in [-0.3, -0.25) is 24.2 Å². The zero-order chi connectivity index (χ0) is 24.8. The summed E-state index contributed by atoms with van der Waals surface area (Å²) < 4.78 is 28.7. The van der Waals surface area contributed by atoms with Gasteiger partial charge in [-0.2, -0.15) is 0 Å². The summed E-state index contributed by atoms with van der Waals surface area (Å²) in [5.74, 6) is -0.944. The van der Waals surface area contributed by atoms with Crippen LogP contribution in [0.4, 0.5) is 5.69 Å². The van der Waals surface area contributed by atoms with Crippen molar-refractivity contribution >= 4 is 45.3 Å². The molecule has 1 atom stereocenters. The topological polar surface area (TPSA) is 95.9 Å². The number of halogens is 1. The quantitative estimate of drug-likeness (QED) is 0.583. The second kappa shape index (κ2) is 8.67. The van der Waals surface area contributed by atoms with Crippen molar-refractivity contribution in [2.75, 3.05) is 11.3 Å². The summed E-state index contributed by atoms with van der Waals surface area (Å²) in [5, 5.41) is 0.0948. The first-order valence-corrected chi connectivity index (χ1v) is 12.8. The summed E-state index contributed by atoms with van der Waals surface area (Å²) in [7, 11) is -4.01. The van der Waals surface area contributed by atoms with Crippen molar-refractivity contribution in [3.8, 4) is 0 Å². The molecule has 0 spiro atoms. The smallest absolute Gasteiger partial charge is 0.264 e. The Morgan fingerprint density at radius 3 is 2.32 bits per heavy atom. The van der Waals surface area contributed by atoms with E-state index in [0.717, 1.165) is 16.0 Å². The zero-order valence-electron chi connectivity index (χ0n) is 19.4. The molecule has 4 rings (SSSR count). The van der Waals surface area contributed by atoms with Crippen LogP contribution in [-0.4, -0.2) is 37.9 Å². The molecular weight excluding hydrogens is 474 g/mol. The molecule has 178 valence electrons. The van der Waals surface area contributed by atoms with Gasteiger partial charge in [0.25, 0.3) is 21.8 Å². The maximum Gasteiger partial charge on any atom is 0.264 e. The van der Waals surface area contributed by atoms with Gasteiger partial charge in [-0.15, -0.1) is 0 Å². The van der Waals surface area contributed by atoms with E-state index in [4.69, 9.17) is 11.6 Å². The van der Waals surface area contributed by atoms with Gasteiger partial charge >= 0.3 is 0 Å². The molecule has 2 heterocycles. The minimum Gasteiger partial charge on any atom is -0.279 e. The molecule has 0 saturated heterocycles. The molecule has 7 nitrogen and oxygen atoms in total. The van der Waals surface area contributed by atoms with Crippen molar-refractivity contribution in [2.24, 2.45) is 10.9 Å². The number of imide groups is 1. The highest BCUT2D eigenvalue weighted by Crippen LogP contribution is 2.36. The number of nitrogens with zero attached hydrogens (tertiary/aromatic N) is 2. The van der Waals surface area contributed by atoms with E-state index in [1.807, 2.05) is 33.9 Å². The Kier molecular flexibility index (Phi) is 6.16. The fraction of sp³-hybridized carbons (Fsp3) is 0.320. The molecule has 2 aromatic rings. The molecule has 2 aliphatic heterocycles. The summed E-state index contributed by atoms with van der Waals surface area (Å²) in [6.07, 6.45) is 4.13. The predicted octanol–water partition coefficient (Wildman–Crippen LogP) is 5.03. The van der Waals surface area contributed by atoms with Gasteiger partial charge in [-0.25, -0.2) is 8.42 Å². The average Bonchev–Trinajstić information content (AvgIpc) is 3.01. The normalized spacial score (nSPS) is 18.2. The molecule has 1 N–H and O–H groups in total. The summed E-state index contributed by atoms with van der Waals surface area (Å²) in [6, 6.07) is 9.40. The maximum atomic E-state index is 13.3. The van der Waals surface area contributed by atoms with E-state index >= 15 is 0 Å². The molecule has 0 saturated carbocycles. The molecule has 0 aromatic heterocycles. The zero-order valence-corrected chi connectivity index (χ0v) is 21.0. The molecule has 0 fully saturated rings. The van der Waals surface area contributed by atoms with Crippen LogP contribution in [0.2, 0.25) is 5.02 Å². The lowest BCUT2D eigenvalue weighted by molar-refractivity contribution is 0.0667. The molecule has 2 aromatic carbocycles. The summed E-state index contributed by atoms with van der Waals surface area (Å²) in [4.78, 5) is 31.6. The van der Waals surface area contributed by atoms with Gasteiger partial charge in [0.1, 0.15) is 0 Å². The highest BCUT2D eigenvalue weighted by molar-refractivity contribution is 7.92. The van der Waals surface area contributed by atoms with Crippen molar-refractivity contribution in [3.63, 3.8) is 0 Å². The van der Waals surface area contributed by atoms with Gasteiger partial charge in [0, 0.05) is 12.4 Å². The average molecular weight is 500 g/mol. The van der Waals surface area contributed by atoms with Crippen molar-refractivity contribution < 1.29 is 18.0 Å². The fourth-order valence-electron chi connectivity index (χ4n) is 4.06. The Morgan fingerprint density at radius 1 is 1.06 bits per heavy atom. The Bertz CT molecular complexity index is 1340. The third kappa shape index (κ3) is 4.52. The number of rotatable bonds is 5. The second-order valence-corrected chi connectivity index (χ2v) is 11.8. The molecule has 34 heavy (non-hydrogen) atoms. The lowest BCUT2D eigenvalue weighted by atomic mass is 9.87. The number of carbonyl (C=O) groups is 2. The van der Waals surface area contributed by atoms with Crippen LogP contribution < -0.4 is 4.72 Å². The number of hydrogen-bond donors (Lipinski definition) is 1. The van der Waals surface area contributed by atoms with E-state index in [1.165, 1.54) is 24.3 Å². The molecule has 0 radical (unpaired) electrons. The van der Waals surface area contributed by atoms with Crippen molar-refractivity contribution in [3.05, 3.63) is 69.9 Å². The van der Waals surface area contributed by atoms with Crippen LogP contribution in [0.3, 0.4) is 0 Å². The standard InChI is InChI=1S/C25H26ClN3O4S/c1-15-11-16(13-27-12-15)14-29-23(30)21-19(26)9-10-20(22(21)24(29)31)28-34(32,33)18-7-5-17(6-8-18)25(2,3)4/h5-10,12-13,15,28H,11,14H2,1-4H3. The number of carbonyl (C=O) groups excluding carboxylic acids is 2. The fourth-order valence-corrected chi connectivity index (χ4v) is 5.37. The minimum atomic E-state index is -4.01. The number of hydrogen-bond acceptors (Lipinski definition) is 5. The summed E-state index contributed by atoms with van der Waals surface area (Å²) in [6.45, 7) is 8.19. The van der Waals surface area contributed by atoms with Crippen molar-refractivity contribution in [1.82, 2.24) is 4.90 Å². The largest absolute Gasteiger partial charge is 0.279 e. The summed E-state index contributed by atoms with van der Waals surface area (Å²) in [5.41, 5.74) is 1.68. The first kappa shape index (κ1) is 24.2. The molecule has 2 amide bonds. The van der Waals surface area contributed by atoms with E-state index in [0.29, 0.717) is 6.42 Å². The molecule has 9 heteroatoms. The highest BCUT2D eigenvalue weighted by Gasteiger charge is 2.40. The molecule has 0 aliphatic carbocycles. The molecule has 1 unspecified atom stereocenters. The maximum absolute atomic E-state index is 13.3. The Labute approximate surface area is 204 Å². The lowest BCUT2D eigenvalue weighted by Gasteiger charge is -2.20. The first-order chi connectivity index (χ1) is 15.9. The van der Waals surface area contributed by atoms with E-state index in [1.54, 1.807) is 18.3 Å². The van der Waals surface area contributed by atoms with Crippen LogP contribution in [0.25, 0.3) is 0 Å². The number of nitrogens with one attached hydrogen (secondary N) is 1. The van der Waals surface area contributed by atoms with Crippen LogP contribution in [0.1, 0.15) is 60.4 Å². The van der Waals surface area contributed by atoms with Gasteiger partial charge in [0.05, 0.1) is 33.3 Å². The van der Waals surface area contributed by atoms with E-state index < -0.39 is 21.8 Å². The number of fused-ring (bicyclic) bond motifs is 1. The van der Waals surface area contributed by atoms with Gasteiger partial charge in [-0.05, 0) is 53.2 Å². The van der Waals surface area contributed by atoms with E-state index in [-0.39, 0.29) is 44.6 Å². The third-order valence-corrected chi connectivity index (χ3v) is 7.59. The predicted molar refractivity (Wildman–Crippen MR) is 133 cm³/mol. The van der Waals surface area contributed by atoms with Crippen LogP contribution in [0, 0.1) is 5.92 Å². The Morgan fingerprint density at radius 2 is 1.71 bits per heavy atom. The van der Waals surface area contributed by atoms with Crippen LogP contribution >= 0.6 is 11.6 Å². The summed E-state index contributed by atoms with van der Waals surface area (Å²) >= 11 is 6.27. The number of amides is 2. The van der Waals surface area contributed by atoms with Crippen molar-refractivity contribution in [1.29, 1.82) is 0 Å². The second-order valence-electron chi connectivity index (χ2n) is 9.69. The minimum absolute atomic E-state index is 0.00269. The SMILES string of the molecule is CC1C=NC=C(CN2C(=O)c3c(Cl)ccc(NS(=O)(=O)c4ccc(C(C)(C)C)cc4)c3C2=O)C1. The highest BCUT2D eigenvalue weighted by atomic mass is 35.5. The van der Waals surface area contributed by atoms with Crippen LogP contribution in [0.15, 0.2) is 58.1 Å². The number of aliphatic imine (C=N–C) groups is 1. The van der Waals surface area contributed by atoms with Gasteiger partial charge in [0.2, 0.25) is 0 Å². The van der Waals surface area contributed by atoms with Gasteiger partial charge in [-0.1, -0.05) is 51.4 Å².